The molecule has 0 spiro atoms. The summed E-state index contributed by atoms with van der Waals surface area (Å²) >= 11 is 0. The summed E-state index contributed by atoms with van der Waals surface area (Å²) in [6, 6.07) is 10.2. The normalized spacial score (nSPS) is 19.3. The molecule has 2 heterocycles. The van der Waals surface area contributed by atoms with Crippen LogP contribution in [0.2, 0.25) is 0 Å². The molecular weight excluding hydrogens is 399 g/mol. The van der Waals surface area contributed by atoms with Crippen LogP contribution in [0.3, 0.4) is 0 Å². The monoisotopic (exact) mass is 418 g/mol. The van der Waals surface area contributed by atoms with Gasteiger partial charge in [0.2, 0.25) is 5.91 Å². The van der Waals surface area contributed by atoms with Crippen LogP contribution in [0, 0.1) is 11.7 Å². The Morgan fingerprint density at radius 1 is 1.14 bits per heavy atom. The van der Waals surface area contributed by atoms with E-state index in [0.717, 1.165) is 4.31 Å². The van der Waals surface area contributed by atoms with Gasteiger partial charge < -0.3 is 10.0 Å². The van der Waals surface area contributed by atoms with E-state index < -0.39 is 27.7 Å². The predicted molar refractivity (Wildman–Crippen MR) is 104 cm³/mol. The first-order valence-corrected chi connectivity index (χ1v) is 10.7. The molecule has 9 heteroatoms. The van der Waals surface area contributed by atoms with Crippen molar-refractivity contribution in [3.8, 4) is 0 Å². The smallest absolute Gasteiger partial charge is 0.308 e. The second-order valence-corrected chi connectivity index (χ2v) is 9.03. The lowest BCUT2D eigenvalue weighted by Crippen LogP contribution is -2.36. The summed E-state index contributed by atoms with van der Waals surface area (Å²) in [5, 5.41) is 9.10. The summed E-state index contributed by atoms with van der Waals surface area (Å²) in [6.45, 7) is 0.230. The third-order valence-electron chi connectivity index (χ3n) is 5.34. The number of anilines is 2. The number of carboxylic acids is 1. The Hall–Kier alpha value is -2.94. The number of para-hydroxylation sites is 1. The van der Waals surface area contributed by atoms with Gasteiger partial charge in [0.25, 0.3) is 10.0 Å². The molecule has 0 radical (unpaired) electrons. The Morgan fingerprint density at radius 3 is 2.52 bits per heavy atom. The number of fused-ring (bicyclic) bond motifs is 1. The third kappa shape index (κ3) is 3.35. The van der Waals surface area contributed by atoms with Crippen LogP contribution in [0.4, 0.5) is 15.8 Å². The number of carbonyl (C=O) groups is 2. The number of carboxylic acid groups (broad SMARTS) is 1. The lowest BCUT2D eigenvalue weighted by Gasteiger charge is -2.30. The third-order valence-corrected chi connectivity index (χ3v) is 7.15. The Bertz CT molecular complexity index is 1080. The lowest BCUT2D eigenvalue weighted by molar-refractivity contribution is -0.141. The molecule has 0 saturated carbocycles. The van der Waals surface area contributed by atoms with Crippen LogP contribution >= 0.6 is 0 Å². The van der Waals surface area contributed by atoms with E-state index in [9.17, 15) is 22.4 Å². The molecule has 0 unspecified atom stereocenters. The molecule has 1 saturated heterocycles. The topological polar surface area (TPSA) is 95.0 Å². The fraction of sp³-hybridized carbons (Fsp3) is 0.300. The molecule has 1 fully saturated rings. The van der Waals surface area contributed by atoms with Gasteiger partial charge in [-0.3, -0.25) is 13.9 Å². The molecule has 4 rings (SSSR count). The summed E-state index contributed by atoms with van der Waals surface area (Å²) in [7, 11) is -3.98. The summed E-state index contributed by atoms with van der Waals surface area (Å²) in [5.41, 5.74) is 1.17. The van der Waals surface area contributed by atoms with Crippen LogP contribution in [0.5, 0.6) is 0 Å². The highest BCUT2D eigenvalue weighted by Crippen LogP contribution is 2.35. The number of carbonyl (C=O) groups excluding carboxylic acids is 1. The standard InChI is InChI=1S/C20H19FN2O5S/c21-17-5-1-3-13-4-2-10-23(19(13)17)29(27,28)16-8-6-15(7-9-16)22-12-14(20(25)26)11-18(22)24/h1,3,5-9,14H,2,4,10-12H2,(H,25,26)/t14-/m0/s1. The number of hydrogen-bond acceptors (Lipinski definition) is 4. The van der Waals surface area contributed by atoms with Crippen molar-refractivity contribution in [2.75, 3.05) is 22.3 Å². The van der Waals surface area contributed by atoms with Gasteiger partial charge in [0, 0.05) is 25.2 Å². The number of halogens is 1. The van der Waals surface area contributed by atoms with Gasteiger partial charge in [0.05, 0.1) is 16.5 Å². The van der Waals surface area contributed by atoms with Gasteiger partial charge in [-0.25, -0.2) is 12.8 Å². The van der Waals surface area contributed by atoms with Crippen molar-refractivity contribution in [2.45, 2.75) is 24.2 Å². The molecule has 1 N–H and O–H groups in total. The lowest BCUT2D eigenvalue weighted by atomic mass is 10.0. The molecule has 7 nitrogen and oxygen atoms in total. The van der Waals surface area contributed by atoms with Crippen molar-refractivity contribution < 1.29 is 27.5 Å². The van der Waals surface area contributed by atoms with Gasteiger partial charge in [-0.05, 0) is 48.7 Å². The predicted octanol–water partition coefficient (Wildman–Crippen LogP) is 2.40. The van der Waals surface area contributed by atoms with E-state index in [1.807, 2.05) is 0 Å². The summed E-state index contributed by atoms with van der Waals surface area (Å²) in [5.74, 6) is -2.71. The van der Waals surface area contributed by atoms with Gasteiger partial charge in [-0.1, -0.05) is 12.1 Å². The second kappa shape index (κ2) is 7.14. The number of benzene rings is 2. The highest BCUT2D eigenvalue weighted by Gasteiger charge is 2.36. The SMILES string of the molecule is O=C(O)[C@H]1CC(=O)N(c2ccc(S(=O)(=O)N3CCCc4cccc(F)c43)cc2)C1. The number of sulfonamides is 1. The maximum Gasteiger partial charge on any atom is 0.308 e. The van der Waals surface area contributed by atoms with Crippen molar-refractivity contribution in [3.05, 3.63) is 53.8 Å². The quantitative estimate of drug-likeness (QED) is 0.823. The molecule has 2 aromatic carbocycles. The minimum absolute atomic E-state index is 0.0150. The second-order valence-electron chi connectivity index (χ2n) is 7.17. The fourth-order valence-corrected chi connectivity index (χ4v) is 5.40. The molecule has 1 amide bonds. The first-order valence-electron chi connectivity index (χ1n) is 9.22. The van der Waals surface area contributed by atoms with Crippen molar-refractivity contribution in [2.24, 2.45) is 5.92 Å². The average Bonchev–Trinajstić information content (AvgIpc) is 3.10. The van der Waals surface area contributed by atoms with Crippen LogP contribution in [0.25, 0.3) is 0 Å². The fourth-order valence-electron chi connectivity index (χ4n) is 3.85. The summed E-state index contributed by atoms with van der Waals surface area (Å²) in [4.78, 5) is 24.5. The van der Waals surface area contributed by atoms with E-state index in [4.69, 9.17) is 5.11 Å². The van der Waals surface area contributed by atoms with E-state index in [-0.39, 0.29) is 36.0 Å². The molecule has 2 aliphatic heterocycles. The summed E-state index contributed by atoms with van der Waals surface area (Å²) in [6.07, 6.45) is 1.12. The molecule has 2 aliphatic rings. The molecular formula is C20H19FN2O5S. The number of aliphatic carboxylic acids is 1. The minimum atomic E-state index is -3.98. The minimum Gasteiger partial charge on any atom is -0.481 e. The van der Waals surface area contributed by atoms with Gasteiger partial charge in [0.1, 0.15) is 5.82 Å². The number of hydrogen-bond donors (Lipinski definition) is 1. The average molecular weight is 418 g/mol. The first-order chi connectivity index (χ1) is 13.8. The van der Waals surface area contributed by atoms with Crippen molar-refractivity contribution in [1.29, 1.82) is 0 Å². The van der Waals surface area contributed by atoms with Crippen molar-refractivity contribution in [1.82, 2.24) is 0 Å². The van der Waals surface area contributed by atoms with Crippen LogP contribution in [-0.4, -0.2) is 38.5 Å². The highest BCUT2D eigenvalue weighted by molar-refractivity contribution is 7.92. The Balaban J connectivity index is 1.63. The Kier molecular flexibility index (Phi) is 4.77. The van der Waals surface area contributed by atoms with E-state index in [1.54, 1.807) is 12.1 Å². The summed E-state index contributed by atoms with van der Waals surface area (Å²) < 4.78 is 41.8. The van der Waals surface area contributed by atoms with Gasteiger partial charge in [-0.2, -0.15) is 0 Å². The van der Waals surface area contributed by atoms with E-state index >= 15 is 0 Å². The molecule has 152 valence electrons. The zero-order chi connectivity index (χ0) is 20.8. The number of aryl methyl sites for hydroxylation is 1. The van der Waals surface area contributed by atoms with E-state index in [1.165, 1.54) is 35.2 Å². The molecule has 0 bridgehead atoms. The van der Waals surface area contributed by atoms with E-state index in [2.05, 4.69) is 0 Å². The van der Waals surface area contributed by atoms with Crippen molar-refractivity contribution in [3.63, 3.8) is 0 Å². The largest absolute Gasteiger partial charge is 0.481 e. The highest BCUT2D eigenvalue weighted by atomic mass is 32.2. The van der Waals surface area contributed by atoms with E-state index in [0.29, 0.717) is 24.1 Å². The molecule has 2 aromatic rings. The van der Waals surface area contributed by atoms with Gasteiger partial charge in [0.15, 0.2) is 0 Å². The Labute approximate surface area is 167 Å². The maximum absolute atomic E-state index is 14.4. The molecule has 0 aliphatic carbocycles. The van der Waals surface area contributed by atoms with Crippen LogP contribution in [-0.2, 0) is 26.0 Å². The number of amides is 1. The first kappa shape index (κ1) is 19.4. The van der Waals surface area contributed by atoms with Crippen molar-refractivity contribution >= 4 is 33.3 Å². The Morgan fingerprint density at radius 2 is 1.86 bits per heavy atom. The zero-order valence-corrected chi connectivity index (χ0v) is 16.2. The van der Waals surface area contributed by atoms with Crippen LogP contribution in [0.1, 0.15) is 18.4 Å². The molecule has 0 aromatic heterocycles. The van der Waals surface area contributed by atoms with Crippen LogP contribution in [0.15, 0.2) is 47.4 Å². The zero-order valence-electron chi connectivity index (χ0n) is 15.4. The van der Waals surface area contributed by atoms with Gasteiger partial charge >= 0.3 is 5.97 Å². The molecule has 29 heavy (non-hydrogen) atoms. The maximum atomic E-state index is 14.4. The molecule has 1 atom stereocenters. The number of rotatable bonds is 4. The van der Waals surface area contributed by atoms with Gasteiger partial charge in [-0.15, -0.1) is 0 Å². The van der Waals surface area contributed by atoms with Crippen LogP contribution < -0.4 is 9.21 Å². The number of nitrogens with zero attached hydrogens (tertiary/aromatic N) is 2.